The summed E-state index contributed by atoms with van der Waals surface area (Å²) in [6.45, 7) is -0.931. The zero-order valence-electron chi connectivity index (χ0n) is 11.7. The van der Waals surface area contributed by atoms with Gasteiger partial charge in [-0.15, -0.1) is 24.0 Å². The third-order valence-corrected chi connectivity index (χ3v) is 4.42. The molecule has 0 saturated carbocycles. The Balaban J connectivity index is 0.00000242. The Morgan fingerprint density at radius 3 is 2.73 bits per heavy atom. The van der Waals surface area contributed by atoms with E-state index in [1.807, 2.05) is 16.7 Å². The second-order valence-corrected chi connectivity index (χ2v) is 6.54. The van der Waals surface area contributed by atoms with Crippen LogP contribution in [-0.2, 0) is 6.54 Å². The van der Waals surface area contributed by atoms with E-state index >= 15 is 0 Å². The lowest BCUT2D eigenvalue weighted by Gasteiger charge is -2.27. The standard InChI is InChI=1S/C13H16BrF2N3OS.HI/c14-10-1-2-11(20-12(15)16)9(7-10)8-18-13(17)19-3-5-21-6-4-19;/h1-2,7,12H,3-6,8H2,(H2,17,18);1H. The molecule has 0 aliphatic carbocycles. The number of hydrogen-bond acceptors (Lipinski definition) is 3. The second-order valence-electron chi connectivity index (χ2n) is 4.40. The zero-order valence-corrected chi connectivity index (χ0v) is 16.4. The molecule has 124 valence electrons. The van der Waals surface area contributed by atoms with E-state index in [1.54, 1.807) is 12.1 Å². The Hall–Kier alpha value is -0.290. The fourth-order valence-electron chi connectivity index (χ4n) is 1.94. The van der Waals surface area contributed by atoms with Gasteiger partial charge < -0.3 is 15.4 Å². The number of alkyl halides is 2. The molecule has 22 heavy (non-hydrogen) atoms. The fourth-order valence-corrected chi connectivity index (χ4v) is 3.25. The SMILES string of the molecule is I.NC(=NCc1cc(Br)ccc1OC(F)F)N1CCSCC1. The minimum absolute atomic E-state index is 0. The summed E-state index contributed by atoms with van der Waals surface area (Å²) in [7, 11) is 0. The molecule has 1 saturated heterocycles. The van der Waals surface area contributed by atoms with Gasteiger partial charge >= 0.3 is 6.61 Å². The number of thioether (sulfide) groups is 1. The van der Waals surface area contributed by atoms with Crippen molar-refractivity contribution in [3.63, 3.8) is 0 Å². The smallest absolute Gasteiger partial charge is 0.387 e. The maximum Gasteiger partial charge on any atom is 0.387 e. The largest absolute Gasteiger partial charge is 0.434 e. The number of guanidine groups is 1. The number of nitrogens with two attached hydrogens (primary N) is 1. The first kappa shape index (κ1) is 19.8. The molecule has 9 heteroatoms. The lowest BCUT2D eigenvalue weighted by atomic mass is 10.2. The number of benzene rings is 1. The van der Waals surface area contributed by atoms with Crippen molar-refractivity contribution >= 4 is 57.6 Å². The summed E-state index contributed by atoms with van der Waals surface area (Å²) in [5, 5.41) is 0. The lowest BCUT2D eigenvalue weighted by molar-refractivity contribution is -0.0504. The lowest BCUT2D eigenvalue weighted by Crippen LogP contribution is -2.42. The third-order valence-electron chi connectivity index (χ3n) is 2.99. The zero-order chi connectivity index (χ0) is 15.2. The molecule has 1 aromatic rings. The summed E-state index contributed by atoms with van der Waals surface area (Å²) in [5.74, 6) is 2.61. The molecule has 1 aromatic carbocycles. The van der Waals surface area contributed by atoms with Crippen molar-refractivity contribution in [2.45, 2.75) is 13.2 Å². The predicted molar refractivity (Wildman–Crippen MR) is 100 cm³/mol. The van der Waals surface area contributed by atoms with Crippen LogP contribution in [0, 0.1) is 0 Å². The topological polar surface area (TPSA) is 50.9 Å². The molecular formula is C13H17BrF2IN3OS. The van der Waals surface area contributed by atoms with Crippen molar-refractivity contribution in [3.05, 3.63) is 28.2 Å². The van der Waals surface area contributed by atoms with Crippen LogP contribution in [0.15, 0.2) is 27.7 Å². The van der Waals surface area contributed by atoms with Crippen LogP contribution < -0.4 is 10.5 Å². The van der Waals surface area contributed by atoms with Crippen LogP contribution in [0.1, 0.15) is 5.56 Å². The Morgan fingerprint density at radius 2 is 2.09 bits per heavy atom. The second kappa shape index (κ2) is 9.76. The van der Waals surface area contributed by atoms with Gasteiger partial charge in [0.2, 0.25) is 0 Å². The van der Waals surface area contributed by atoms with Crippen molar-refractivity contribution in [1.82, 2.24) is 4.90 Å². The monoisotopic (exact) mass is 507 g/mol. The molecule has 0 unspecified atom stereocenters. The molecule has 0 amide bonds. The molecule has 0 atom stereocenters. The number of rotatable bonds is 4. The van der Waals surface area contributed by atoms with Crippen molar-refractivity contribution in [3.8, 4) is 5.75 Å². The molecule has 1 aliphatic heterocycles. The van der Waals surface area contributed by atoms with Gasteiger partial charge in [0.15, 0.2) is 5.96 Å². The first-order chi connectivity index (χ1) is 10.1. The summed E-state index contributed by atoms with van der Waals surface area (Å²) < 4.78 is 30.0. The maximum atomic E-state index is 12.4. The third kappa shape index (κ3) is 6.07. The first-order valence-corrected chi connectivity index (χ1v) is 8.37. The number of ether oxygens (including phenoxy) is 1. The highest BCUT2D eigenvalue weighted by atomic mass is 127. The Labute approximate surface area is 158 Å². The van der Waals surface area contributed by atoms with Crippen LogP contribution in [0.5, 0.6) is 5.75 Å². The minimum atomic E-state index is -2.86. The molecule has 0 aromatic heterocycles. The number of aliphatic imine (C=N–C) groups is 1. The van der Waals surface area contributed by atoms with Crippen molar-refractivity contribution in [1.29, 1.82) is 0 Å². The molecule has 0 spiro atoms. The van der Waals surface area contributed by atoms with Gasteiger partial charge in [-0.25, -0.2) is 4.99 Å². The Morgan fingerprint density at radius 1 is 1.41 bits per heavy atom. The van der Waals surface area contributed by atoms with Crippen molar-refractivity contribution in [2.24, 2.45) is 10.7 Å². The predicted octanol–water partition coefficient (Wildman–Crippen LogP) is 3.53. The molecule has 1 aliphatic rings. The number of halogens is 4. The van der Waals surface area contributed by atoms with E-state index in [-0.39, 0.29) is 36.3 Å². The van der Waals surface area contributed by atoms with Crippen molar-refractivity contribution in [2.75, 3.05) is 24.6 Å². The molecular weight excluding hydrogens is 491 g/mol. The van der Waals surface area contributed by atoms with Crippen LogP contribution in [0.25, 0.3) is 0 Å². The molecule has 2 rings (SSSR count). The Bertz CT molecular complexity index is 516. The fraction of sp³-hybridized carbons (Fsp3) is 0.462. The van der Waals surface area contributed by atoms with Gasteiger partial charge in [-0.3, -0.25) is 0 Å². The van der Waals surface area contributed by atoms with Gasteiger partial charge in [0, 0.05) is 34.6 Å². The van der Waals surface area contributed by atoms with Gasteiger partial charge in [-0.2, -0.15) is 20.5 Å². The summed E-state index contributed by atoms with van der Waals surface area (Å²) in [6.07, 6.45) is 0. The van der Waals surface area contributed by atoms with Crippen LogP contribution in [0.2, 0.25) is 0 Å². The van der Waals surface area contributed by atoms with Gasteiger partial charge in [0.25, 0.3) is 0 Å². The summed E-state index contributed by atoms with van der Waals surface area (Å²) >= 11 is 5.19. The molecule has 1 fully saturated rings. The number of hydrogen-bond donors (Lipinski definition) is 1. The average molecular weight is 508 g/mol. The quantitative estimate of drug-likeness (QED) is 0.385. The molecule has 1 heterocycles. The van der Waals surface area contributed by atoms with Crippen molar-refractivity contribution < 1.29 is 13.5 Å². The highest BCUT2D eigenvalue weighted by Crippen LogP contribution is 2.25. The summed E-state index contributed by atoms with van der Waals surface area (Å²) in [6, 6.07) is 4.85. The first-order valence-electron chi connectivity index (χ1n) is 6.42. The van der Waals surface area contributed by atoms with E-state index in [0.29, 0.717) is 11.5 Å². The highest BCUT2D eigenvalue weighted by Gasteiger charge is 2.13. The minimum Gasteiger partial charge on any atom is -0.434 e. The van der Waals surface area contributed by atoms with E-state index in [0.717, 1.165) is 29.1 Å². The summed E-state index contributed by atoms with van der Waals surface area (Å²) in [5.41, 5.74) is 6.52. The van der Waals surface area contributed by atoms with Gasteiger partial charge in [0.05, 0.1) is 6.54 Å². The van der Waals surface area contributed by atoms with E-state index in [4.69, 9.17) is 5.73 Å². The molecule has 2 N–H and O–H groups in total. The van der Waals surface area contributed by atoms with E-state index in [9.17, 15) is 8.78 Å². The van der Waals surface area contributed by atoms with E-state index in [1.165, 1.54) is 6.07 Å². The Kier molecular flexibility index (Phi) is 8.77. The van der Waals surface area contributed by atoms with Gasteiger partial charge in [-0.1, -0.05) is 15.9 Å². The molecule has 0 bridgehead atoms. The van der Waals surface area contributed by atoms with Crippen LogP contribution in [-0.4, -0.2) is 42.1 Å². The summed E-state index contributed by atoms with van der Waals surface area (Å²) in [4.78, 5) is 6.29. The molecule has 4 nitrogen and oxygen atoms in total. The van der Waals surface area contributed by atoms with Crippen LogP contribution in [0.4, 0.5) is 8.78 Å². The highest BCUT2D eigenvalue weighted by molar-refractivity contribution is 14.0. The van der Waals surface area contributed by atoms with Gasteiger partial charge in [0.1, 0.15) is 5.75 Å². The number of nitrogens with zero attached hydrogens (tertiary/aromatic N) is 2. The van der Waals surface area contributed by atoms with Crippen LogP contribution >= 0.6 is 51.7 Å². The van der Waals surface area contributed by atoms with Gasteiger partial charge in [-0.05, 0) is 18.2 Å². The maximum absolute atomic E-state index is 12.4. The van der Waals surface area contributed by atoms with Crippen LogP contribution in [0.3, 0.4) is 0 Å². The van der Waals surface area contributed by atoms with E-state index in [2.05, 4.69) is 25.7 Å². The van der Waals surface area contributed by atoms with E-state index < -0.39 is 6.61 Å². The normalized spacial score (nSPS) is 15.6. The molecule has 0 radical (unpaired) electrons. The average Bonchev–Trinajstić information content (AvgIpc) is 2.47.